The number of amides is 1. The summed E-state index contributed by atoms with van der Waals surface area (Å²) < 4.78 is 2.30. The Balaban J connectivity index is 1.19. The zero-order valence-electron chi connectivity index (χ0n) is 19.5. The van der Waals surface area contributed by atoms with E-state index in [2.05, 4.69) is 74.0 Å². The second-order valence-corrected chi connectivity index (χ2v) is 9.96. The Labute approximate surface area is 203 Å². The first-order chi connectivity index (χ1) is 17.2. The molecule has 1 amide bonds. The van der Waals surface area contributed by atoms with Crippen LogP contribution in [0.25, 0.3) is 44.6 Å². The molecule has 0 unspecified atom stereocenters. The molecule has 6 nitrogen and oxygen atoms in total. The van der Waals surface area contributed by atoms with Gasteiger partial charge in [-0.25, -0.2) is 9.97 Å². The van der Waals surface area contributed by atoms with Gasteiger partial charge in [0.1, 0.15) is 5.82 Å². The lowest BCUT2D eigenvalue weighted by molar-refractivity contribution is -0.131. The maximum atomic E-state index is 12.6. The molecule has 35 heavy (non-hydrogen) atoms. The number of carbonyl (C=O) groups excluding carboxylic acids is 1. The van der Waals surface area contributed by atoms with Crippen LogP contribution in [-0.2, 0) is 11.3 Å². The number of hydrogen-bond acceptors (Lipinski definition) is 3. The Morgan fingerprint density at radius 3 is 2.66 bits per heavy atom. The van der Waals surface area contributed by atoms with Crippen LogP contribution in [0.15, 0.2) is 73.1 Å². The van der Waals surface area contributed by atoms with E-state index in [4.69, 9.17) is 4.98 Å². The lowest BCUT2D eigenvalue weighted by Crippen LogP contribution is -2.30. The van der Waals surface area contributed by atoms with E-state index < -0.39 is 0 Å². The van der Waals surface area contributed by atoms with Gasteiger partial charge in [-0.3, -0.25) is 4.79 Å². The van der Waals surface area contributed by atoms with Crippen LogP contribution in [0.5, 0.6) is 0 Å². The minimum atomic E-state index is 0.291. The van der Waals surface area contributed by atoms with E-state index >= 15 is 0 Å². The number of imidazole rings is 1. The summed E-state index contributed by atoms with van der Waals surface area (Å²) in [4.78, 5) is 27.4. The molecule has 1 atom stereocenters. The predicted octanol–water partition coefficient (Wildman–Crippen LogP) is 5.51. The first-order valence-electron chi connectivity index (χ1n) is 12.5. The van der Waals surface area contributed by atoms with E-state index in [0.29, 0.717) is 17.7 Å². The zero-order chi connectivity index (χ0) is 23.4. The van der Waals surface area contributed by atoms with Gasteiger partial charge in [0, 0.05) is 49.0 Å². The van der Waals surface area contributed by atoms with Crippen molar-refractivity contribution in [2.45, 2.75) is 25.8 Å². The molecule has 3 aromatic heterocycles. The smallest absolute Gasteiger partial charge is 0.225 e. The predicted molar refractivity (Wildman–Crippen MR) is 138 cm³/mol. The molecule has 5 aromatic rings. The largest absolute Gasteiger partial charge is 0.361 e. The van der Waals surface area contributed by atoms with Crippen LogP contribution in [0.2, 0.25) is 0 Å². The number of carbonyl (C=O) groups is 1. The Morgan fingerprint density at radius 1 is 0.971 bits per heavy atom. The molecule has 1 N–H and O–H groups in total. The number of rotatable bonds is 5. The molecule has 1 saturated carbocycles. The number of nitrogens with one attached hydrogen (secondary N) is 1. The number of hydrogen-bond donors (Lipinski definition) is 1. The van der Waals surface area contributed by atoms with Crippen molar-refractivity contribution in [2.75, 3.05) is 13.1 Å². The number of aromatic nitrogens is 4. The number of nitrogens with zero attached hydrogens (tertiary/aromatic N) is 4. The van der Waals surface area contributed by atoms with Gasteiger partial charge < -0.3 is 14.5 Å². The summed E-state index contributed by atoms with van der Waals surface area (Å²) >= 11 is 0. The van der Waals surface area contributed by atoms with Crippen molar-refractivity contribution < 1.29 is 4.79 Å². The van der Waals surface area contributed by atoms with Crippen molar-refractivity contribution in [2.24, 2.45) is 11.8 Å². The quantitative estimate of drug-likeness (QED) is 0.376. The summed E-state index contributed by atoms with van der Waals surface area (Å²) in [5, 5.41) is 1.22. The molecule has 1 aliphatic heterocycles. The first-order valence-corrected chi connectivity index (χ1v) is 12.5. The topological polar surface area (TPSA) is 66.8 Å². The molecule has 0 spiro atoms. The molecule has 2 aliphatic rings. The molecule has 1 aliphatic carbocycles. The molecule has 1 saturated heterocycles. The summed E-state index contributed by atoms with van der Waals surface area (Å²) in [5.41, 5.74) is 6.41. The van der Waals surface area contributed by atoms with Gasteiger partial charge in [0.25, 0.3) is 0 Å². The highest BCUT2D eigenvalue weighted by molar-refractivity contribution is 5.85. The Hall–Kier alpha value is -3.93. The molecule has 4 heterocycles. The second kappa shape index (κ2) is 8.08. The normalized spacial score (nSPS) is 18.1. The van der Waals surface area contributed by atoms with E-state index in [1.54, 1.807) is 6.20 Å². The van der Waals surface area contributed by atoms with Gasteiger partial charge in [0.05, 0.1) is 5.52 Å². The Morgan fingerprint density at radius 2 is 1.80 bits per heavy atom. The van der Waals surface area contributed by atoms with Crippen molar-refractivity contribution in [3.05, 3.63) is 73.1 Å². The highest BCUT2D eigenvalue weighted by Gasteiger charge is 2.36. The number of likely N-dealkylation sites (tertiary alicyclic amines) is 1. The van der Waals surface area contributed by atoms with Crippen LogP contribution in [0.3, 0.4) is 0 Å². The monoisotopic (exact) mass is 461 g/mol. The molecule has 7 rings (SSSR count). The summed E-state index contributed by atoms with van der Waals surface area (Å²) in [5.74, 6) is 2.02. The zero-order valence-corrected chi connectivity index (χ0v) is 19.5. The van der Waals surface area contributed by atoms with Gasteiger partial charge in [-0.15, -0.1) is 0 Å². The van der Waals surface area contributed by atoms with E-state index in [9.17, 15) is 4.79 Å². The van der Waals surface area contributed by atoms with Crippen LogP contribution >= 0.6 is 0 Å². The Kier molecular flexibility index (Phi) is 4.72. The standard InChI is InChI=1S/C29H27N5O/c35-29(23-8-9-23)33-15-12-19(17-33)18-34-26-2-1-13-31-27(26)32-28(34)22-6-3-20(4-7-22)24-10-5-21-11-14-30-25(21)16-24/h1-7,10-11,13-14,16,19,23,30H,8-9,12,15,17-18H2/t19-/m1/s1. The van der Waals surface area contributed by atoms with Crippen LogP contribution < -0.4 is 0 Å². The van der Waals surface area contributed by atoms with Gasteiger partial charge in [-0.05, 0) is 66.0 Å². The van der Waals surface area contributed by atoms with Gasteiger partial charge in [0.15, 0.2) is 5.65 Å². The molecule has 2 fully saturated rings. The highest BCUT2D eigenvalue weighted by atomic mass is 16.2. The minimum absolute atomic E-state index is 0.291. The van der Waals surface area contributed by atoms with Crippen LogP contribution in [0.1, 0.15) is 19.3 Å². The third kappa shape index (κ3) is 3.70. The second-order valence-electron chi connectivity index (χ2n) is 9.96. The van der Waals surface area contributed by atoms with Gasteiger partial charge in [-0.1, -0.05) is 36.4 Å². The third-order valence-corrected chi connectivity index (χ3v) is 7.52. The van der Waals surface area contributed by atoms with Crippen molar-refractivity contribution in [3.8, 4) is 22.5 Å². The van der Waals surface area contributed by atoms with Gasteiger partial charge >= 0.3 is 0 Å². The fourth-order valence-electron chi connectivity index (χ4n) is 5.43. The van der Waals surface area contributed by atoms with Crippen molar-refractivity contribution in [3.63, 3.8) is 0 Å². The van der Waals surface area contributed by atoms with Crippen molar-refractivity contribution in [1.82, 2.24) is 24.4 Å². The fourth-order valence-corrected chi connectivity index (χ4v) is 5.43. The SMILES string of the molecule is O=C(C1CC1)N1CC[C@@H](Cn2c(-c3ccc(-c4ccc5cc[nH]c5c4)cc3)nc3ncccc32)C1. The molecule has 174 valence electrons. The summed E-state index contributed by atoms with van der Waals surface area (Å²) in [6, 6.07) is 21.3. The van der Waals surface area contributed by atoms with E-state index in [0.717, 1.165) is 67.0 Å². The summed E-state index contributed by atoms with van der Waals surface area (Å²) in [6.07, 6.45) is 6.95. The highest BCUT2D eigenvalue weighted by Crippen LogP contribution is 2.34. The number of benzene rings is 2. The third-order valence-electron chi connectivity index (χ3n) is 7.52. The van der Waals surface area contributed by atoms with Crippen molar-refractivity contribution >= 4 is 28.0 Å². The van der Waals surface area contributed by atoms with Crippen LogP contribution in [0, 0.1) is 11.8 Å². The lowest BCUT2D eigenvalue weighted by atomic mass is 10.0. The van der Waals surface area contributed by atoms with E-state index in [1.165, 1.54) is 16.5 Å². The number of fused-ring (bicyclic) bond motifs is 2. The van der Waals surface area contributed by atoms with Crippen LogP contribution in [-0.4, -0.2) is 43.4 Å². The lowest BCUT2D eigenvalue weighted by Gasteiger charge is -2.17. The summed E-state index contributed by atoms with van der Waals surface area (Å²) in [7, 11) is 0. The summed E-state index contributed by atoms with van der Waals surface area (Å²) in [6.45, 7) is 2.56. The number of H-pyrrole nitrogens is 1. The maximum Gasteiger partial charge on any atom is 0.225 e. The van der Waals surface area contributed by atoms with E-state index in [-0.39, 0.29) is 0 Å². The molecule has 0 radical (unpaired) electrons. The van der Waals surface area contributed by atoms with Crippen LogP contribution in [0.4, 0.5) is 0 Å². The number of aromatic amines is 1. The molecule has 6 heteroatoms. The average molecular weight is 462 g/mol. The van der Waals surface area contributed by atoms with E-state index in [1.807, 2.05) is 12.3 Å². The number of pyridine rings is 1. The van der Waals surface area contributed by atoms with Gasteiger partial charge in [0.2, 0.25) is 5.91 Å². The first kappa shape index (κ1) is 20.4. The molecule has 0 bridgehead atoms. The minimum Gasteiger partial charge on any atom is -0.361 e. The van der Waals surface area contributed by atoms with Gasteiger partial charge in [-0.2, -0.15) is 0 Å². The Bertz CT molecular complexity index is 1540. The maximum absolute atomic E-state index is 12.6. The molecule has 2 aromatic carbocycles. The molecular formula is C29H27N5O. The average Bonchev–Trinajstić information content (AvgIpc) is 3.30. The fraction of sp³-hybridized carbons (Fsp3) is 0.276. The molecular weight excluding hydrogens is 434 g/mol. The van der Waals surface area contributed by atoms with Crippen molar-refractivity contribution in [1.29, 1.82) is 0 Å².